The molecule has 0 unspecified atom stereocenters. The van der Waals surface area contributed by atoms with Crippen LogP contribution in [0.5, 0.6) is 5.75 Å². The maximum Gasteiger partial charge on any atom is 0.416 e. The monoisotopic (exact) mass is 609 g/mol. The summed E-state index contributed by atoms with van der Waals surface area (Å²) in [5.74, 6) is -0.783. The summed E-state index contributed by atoms with van der Waals surface area (Å²) in [6.07, 6.45) is -4.72. The minimum atomic E-state index is -4.72. The van der Waals surface area contributed by atoms with Gasteiger partial charge in [0.05, 0.1) is 44.4 Å². The van der Waals surface area contributed by atoms with Crippen molar-refractivity contribution in [1.82, 2.24) is 14.5 Å². The molecule has 42 heavy (non-hydrogen) atoms. The first-order valence-electron chi connectivity index (χ1n) is 11.9. The number of pyridine rings is 1. The first-order chi connectivity index (χ1) is 19.9. The molecule has 3 aromatic heterocycles. The molecule has 0 aliphatic carbocycles. The first kappa shape index (κ1) is 28.5. The quantitative estimate of drug-likeness (QED) is 0.241. The number of hydrogen-bond donors (Lipinski definition) is 1. The van der Waals surface area contributed by atoms with Crippen LogP contribution in [-0.4, -0.2) is 32.2 Å². The fourth-order valence-electron chi connectivity index (χ4n) is 4.47. The van der Waals surface area contributed by atoms with Crippen LogP contribution in [-0.2, 0) is 12.7 Å². The van der Waals surface area contributed by atoms with Crippen LogP contribution in [0, 0.1) is 29.6 Å². The molecule has 9 nitrogen and oxygen atoms in total. The van der Waals surface area contributed by atoms with Gasteiger partial charge in [-0.25, -0.2) is 14.8 Å². The molecular formula is C28H15ClF3N5O4S. The number of carboxylic acid groups (broad SMARTS) is 1. The van der Waals surface area contributed by atoms with Gasteiger partial charge in [0.15, 0.2) is 0 Å². The zero-order valence-electron chi connectivity index (χ0n) is 21.3. The van der Waals surface area contributed by atoms with Crippen molar-refractivity contribution >= 4 is 50.0 Å². The predicted octanol–water partition coefficient (Wildman–Crippen LogP) is 6.17. The summed E-state index contributed by atoms with van der Waals surface area (Å²) in [5.41, 5.74) is -1.50. The molecular weight excluding hydrogens is 595 g/mol. The molecule has 0 amide bonds. The average Bonchev–Trinajstić information content (AvgIpc) is 3.38. The number of nitriles is 2. The Kier molecular flexibility index (Phi) is 7.33. The van der Waals surface area contributed by atoms with E-state index < -0.39 is 28.8 Å². The second kappa shape index (κ2) is 10.8. The highest BCUT2D eigenvalue weighted by molar-refractivity contribution is 7.18. The van der Waals surface area contributed by atoms with Gasteiger partial charge in [0.2, 0.25) is 0 Å². The molecule has 2 aromatic carbocycles. The lowest BCUT2D eigenvalue weighted by Gasteiger charge is -2.16. The van der Waals surface area contributed by atoms with Gasteiger partial charge in [0.25, 0.3) is 5.56 Å². The van der Waals surface area contributed by atoms with E-state index in [1.54, 1.807) is 24.3 Å². The van der Waals surface area contributed by atoms with E-state index in [1.165, 1.54) is 22.9 Å². The summed E-state index contributed by atoms with van der Waals surface area (Å²) < 4.78 is 47.6. The molecule has 210 valence electrons. The highest BCUT2D eigenvalue weighted by Crippen LogP contribution is 2.40. The van der Waals surface area contributed by atoms with Gasteiger partial charge in [-0.05, 0) is 43.3 Å². The summed E-state index contributed by atoms with van der Waals surface area (Å²) in [5, 5.41) is 30.0. The van der Waals surface area contributed by atoms with Crippen molar-refractivity contribution in [3.05, 3.63) is 85.4 Å². The molecule has 1 N–H and O–H groups in total. The van der Waals surface area contributed by atoms with E-state index in [9.17, 15) is 38.4 Å². The number of fused-ring (bicyclic) bond motifs is 2. The highest BCUT2D eigenvalue weighted by atomic mass is 35.5. The van der Waals surface area contributed by atoms with Gasteiger partial charge in [-0.3, -0.25) is 9.36 Å². The number of ether oxygens (including phenoxy) is 1. The number of carbonyl (C=O) groups is 1. The lowest BCUT2D eigenvalue weighted by Crippen LogP contribution is -2.27. The fraction of sp³-hybridized carbons (Fsp3) is 0.143. The van der Waals surface area contributed by atoms with E-state index in [1.807, 2.05) is 6.07 Å². The maximum atomic E-state index is 13.3. The van der Waals surface area contributed by atoms with Crippen LogP contribution in [0.15, 0.2) is 46.6 Å². The number of benzene rings is 2. The summed E-state index contributed by atoms with van der Waals surface area (Å²) in [4.78, 5) is 33.3. The van der Waals surface area contributed by atoms with Crippen molar-refractivity contribution in [2.75, 3.05) is 6.61 Å². The van der Waals surface area contributed by atoms with Crippen molar-refractivity contribution in [2.45, 2.75) is 19.6 Å². The minimum absolute atomic E-state index is 0.0179. The third-order valence-electron chi connectivity index (χ3n) is 6.37. The second-order valence-corrected chi connectivity index (χ2v) is 10.2. The van der Waals surface area contributed by atoms with Crippen molar-refractivity contribution in [3.63, 3.8) is 0 Å². The number of hydrogen-bond acceptors (Lipinski definition) is 8. The van der Waals surface area contributed by atoms with Crippen LogP contribution in [0.1, 0.15) is 33.0 Å². The van der Waals surface area contributed by atoms with Crippen LogP contribution in [0.4, 0.5) is 13.2 Å². The average molecular weight is 610 g/mol. The van der Waals surface area contributed by atoms with Crippen LogP contribution >= 0.6 is 22.9 Å². The molecule has 0 atom stereocenters. The molecule has 0 radical (unpaired) electrons. The third-order valence-corrected chi connectivity index (χ3v) is 7.61. The van der Waals surface area contributed by atoms with Crippen molar-refractivity contribution in [1.29, 1.82) is 10.5 Å². The minimum Gasteiger partial charge on any atom is -0.491 e. The molecule has 0 spiro atoms. The summed E-state index contributed by atoms with van der Waals surface area (Å²) in [6.45, 7) is 1.28. The number of thiophene rings is 1. The van der Waals surface area contributed by atoms with Crippen LogP contribution in [0.25, 0.3) is 32.2 Å². The molecule has 0 saturated heterocycles. The Labute approximate surface area is 243 Å². The number of aryl methyl sites for hydroxylation is 1. The largest absolute Gasteiger partial charge is 0.491 e. The van der Waals surface area contributed by atoms with Gasteiger partial charge < -0.3 is 9.84 Å². The lowest BCUT2D eigenvalue weighted by atomic mass is 10.0. The summed E-state index contributed by atoms with van der Waals surface area (Å²) in [7, 11) is 0. The smallest absolute Gasteiger partial charge is 0.416 e. The van der Waals surface area contributed by atoms with Crippen LogP contribution in [0.3, 0.4) is 0 Å². The van der Waals surface area contributed by atoms with Gasteiger partial charge >= 0.3 is 12.1 Å². The van der Waals surface area contributed by atoms with E-state index in [2.05, 4.69) is 9.97 Å². The van der Waals surface area contributed by atoms with E-state index in [-0.39, 0.29) is 46.7 Å². The van der Waals surface area contributed by atoms with Gasteiger partial charge in [0, 0.05) is 21.5 Å². The fourth-order valence-corrected chi connectivity index (χ4v) is 5.66. The Morgan fingerprint density at radius 1 is 1.14 bits per heavy atom. The number of rotatable bonds is 6. The van der Waals surface area contributed by atoms with E-state index in [0.29, 0.717) is 32.7 Å². The molecule has 5 aromatic rings. The van der Waals surface area contributed by atoms with E-state index >= 15 is 0 Å². The number of aromatic nitrogens is 3. The number of nitrogens with zero attached hydrogens (tertiary/aromatic N) is 5. The molecule has 0 aliphatic rings. The second-order valence-electron chi connectivity index (χ2n) is 8.93. The molecule has 0 fully saturated rings. The van der Waals surface area contributed by atoms with Crippen LogP contribution < -0.4 is 10.3 Å². The molecule has 5 rings (SSSR count). The van der Waals surface area contributed by atoms with Gasteiger partial charge in [-0.15, -0.1) is 11.3 Å². The van der Waals surface area contributed by atoms with Gasteiger partial charge in [-0.1, -0.05) is 11.6 Å². The Hall–Kier alpha value is -4.98. The van der Waals surface area contributed by atoms with E-state index in [4.69, 9.17) is 16.3 Å². The molecule has 0 saturated carbocycles. The molecule has 0 aliphatic heterocycles. The van der Waals surface area contributed by atoms with Crippen molar-refractivity contribution in [3.8, 4) is 29.0 Å². The Bertz CT molecular complexity index is 2080. The molecule has 0 bridgehead atoms. The first-order valence-corrected chi connectivity index (χ1v) is 13.2. The number of alkyl halides is 3. The summed E-state index contributed by atoms with van der Waals surface area (Å²) in [6, 6.07) is 11.1. The van der Waals surface area contributed by atoms with Gasteiger partial charge in [-0.2, -0.15) is 23.7 Å². The summed E-state index contributed by atoms with van der Waals surface area (Å²) >= 11 is 7.39. The zero-order valence-corrected chi connectivity index (χ0v) is 22.9. The molecule has 3 heterocycles. The zero-order chi connectivity index (χ0) is 30.3. The predicted molar refractivity (Wildman–Crippen MR) is 148 cm³/mol. The van der Waals surface area contributed by atoms with Crippen LogP contribution in [0.2, 0.25) is 5.02 Å². The lowest BCUT2D eigenvalue weighted by molar-refractivity contribution is -0.137. The van der Waals surface area contributed by atoms with Crippen molar-refractivity contribution in [2.24, 2.45) is 0 Å². The van der Waals surface area contributed by atoms with E-state index in [0.717, 1.165) is 17.4 Å². The Morgan fingerprint density at radius 2 is 1.90 bits per heavy atom. The van der Waals surface area contributed by atoms with Crippen molar-refractivity contribution < 1.29 is 27.8 Å². The number of carboxylic acids is 1. The number of aromatic carboxylic acids is 1. The normalized spacial score (nSPS) is 11.4. The standard InChI is InChI=1S/C28H15ClF3N5O4S/c1-13-35-21-7-15(28(30,31)32)6-14(10-33)23(21)26(38)37(13)4-5-41-22-3-2-16(29)8-18(22)19-9-17(11-34)36-24-20(27(39)40)12-42-25(19)24/h2-3,6-9,12H,4-5H2,1H3,(H,39,40). The van der Waals surface area contributed by atoms with Gasteiger partial charge in [0.1, 0.15) is 36.0 Å². The SMILES string of the molecule is Cc1nc2cc(C(F)(F)F)cc(C#N)c2c(=O)n1CCOc1ccc(Cl)cc1-c1cc(C#N)nc2c(C(=O)O)csc12. The molecule has 14 heteroatoms. The Balaban J connectivity index is 1.52. The third kappa shape index (κ3) is 5.11. The Morgan fingerprint density at radius 3 is 2.57 bits per heavy atom. The maximum absolute atomic E-state index is 13.3. The topological polar surface area (TPSA) is 142 Å². The number of halogens is 4. The highest BCUT2D eigenvalue weighted by Gasteiger charge is 2.32.